The van der Waals surface area contributed by atoms with Crippen molar-refractivity contribution in [1.29, 1.82) is 0 Å². The summed E-state index contributed by atoms with van der Waals surface area (Å²) in [5.41, 5.74) is 2.33. The summed E-state index contributed by atoms with van der Waals surface area (Å²) in [4.78, 5) is 0. The monoisotopic (exact) mass is 363 g/mol. The Labute approximate surface area is 129 Å². The van der Waals surface area contributed by atoms with E-state index in [4.69, 9.17) is 28.9 Å². The molecule has 1 heterocycles. The molecule has 0 bridgehead atoms. The second-order valence-electron chi connectivity index (χ2n) is 4.13. The number of benzene rings is 1. The summed E-state index contributed by atoms with van der Waals surface area (Å²) in [6.45, 7) is 0. The van der Waals surface area contributed by atoms with Gasteiger partial charge in [-0.05, 0) is 6.07 Å². The number of nitrogens with zero attached hydrogens (tertiary/aromatic N) is 2. The molecule has 2 rings (SSSR count). The van der Waals surface area contributed by atoms with Crippen LogP contribution in [0.3, 0.4) is 0 Å². The number of rotatable bonds is 2. The summed E-state index contributed by atoms with van der Waals surface area (Å²) in [7, 11) is 0. The standard InChI is InChI=1S/C11H5Cl2F6N3/c12-10(13,16)5-3-21-22(9(5)20)8-2-6(14)4(1-7(8)15)11(17,18)19/h1-3H,20H2. The number of hydrogen-bond acceptors (Lipinski definition) is 2. The van der Waals surface area contributed by atoms with E-state index in [2.05, 4.69) is 5.10 Å². The molecule has 1 aromatic heterocycles. The maximum atomic E-state index is 13.8. The first-order valence-electron chi connectivity index (χ1n) is 5.40. The number of nitrogen functional groups attached to an aromatic ring is 1. The van der Waals surface area contributed by atoms with E-state index in [1.165, 1.54) is 0 Å². The zero-order valence-electron chi connectivity index (χ0n) is 10.2. The number of nitrogens with two attached hydrogens (primary N) is 1. The van der Waals surface area contributed by atoms with Gasteiger partial charge in [-0.3, -0.25) is 0 Å². The molecule has 3 nitrogen and oxygen atoms in total. The summed E-state index contributed by atoms with van der Waals surface area (Å²) in [6.07, 6.45) is -4.34. The third-order valence-corrected chi connectivity index (χ3v) is 3.09. The molecule has 0 unspecified atom stereocenters. The Morgan fingerprint density at radius 1 is 1.00 bits per heavy atom. The lowest BCUT2D eigenvalue weighted by Gasteiger charge is -2.12. The molecule has 0 saturated heterocycles. The highest BCUT2D eigenvalue weighted by atomic mass is 35.5. The number of halogens is 8. The number of hydrogen-bond donors (Lipinski definition) is 1. The Bertz CT molecular complexity index is 720. The first-order valence-corrected chi connectivity index (χ1v) is 6.16. The van der Waals surface area contributed by atoms with Crippen molar-refractivity contribution in [2.75, 3.05) is 5.73 Å². The maximum absolute atomic E-state index is 13.8. The van der Waals surface area contributed by atoms with Gasteiger partial charge in [-0.2, -0.15) is 18.3 Å². The van der Waals surface area contributed by atoms with Gasteiger partial charge in [0.05, 0.1) is 17.3 Å². The lowest BCUT2D eigenvalue weighted by molar-refractivity contribution is -0.140. The quantitative estimate of drug-likeness (QED) is 0.638. The van der Waals surface area contributed by atoms with Gasteiger partial charge in [-0.1, -0.05) is 23.2 Å². The van der Waals surface area contributed by atoms with Crippen molar-refractivity contribution in [2.45, 2.75) is 10.8 Å². The zero-order valence-corrected chi connectivity index (χ0v) is 11.7. The fourth-order valence-electron chi connectivity index (χ4n) is 1.68. The van der Waals surface area contributed by atoms with Crippen molar-refractivity contribution in [3.63, 3.8) is 0 Å². The maximum Gasteiger partial charge on any atom is 0.419 e. The minimum atomic E-state index is -5.08. The molecule has 2 N–H and O–H groups in total. The normalized spacial score (nSPS) is 12.7. The zero-order chi connectivity index (χ0) is 16.9. The summed E-state index contributed by atoms with van der Waals surface area (Å²) < 4.78 is 75.6. The van der Waals surface area contributed by atoms with Crippen LogP contribution in [0.1, 0.15) is 11.1 Å². The van der Waals surface area contributed by atoms with E-state index in [9.17, 15) is 26.3 Å². The molecule has 0 aliphatic heterocycles. The SMILES string of the molecule is Nc1c(C(F)(Cl)Cl)cnn1-c1cc(F)c(C(F)(F)F)cc1F. The van der Waals surface area contributed by atoms with E-state index in [-0.39, 0.29) is 12.1 Å². The highest BCUT2D eigenvalue weighted by molar-refractivity contribution is 6.47. The average molecular weight is 364 g/mol. The molecule has 0 radical (unpaired) electrons. The molecular formula is C11H5Cl2F6N3. The molecule has 2 aromatic rings. The van der Waals surface area contributed by atoms with Crippen LogP contribution in [-0.2, 0) is 10.8 Å². The Morgan fingerprint density at radius 3 is 2.05 bits per heavy atom. The van der Waals surface area contributed by atoms with E-state index < -0.39 is 45.0 Å². The third-order valence-electron chi connectivity index (χ3n) is 2.68. The summed E-state index contributed by atoms with van der Waals surface area (Å²) in [6, 6.07) is 0.170. The summed E-state index contributed by atoms with van der Waals surface area (Å²) >= 11 is 10.3. The van der Waals surface area contributed by atoms with E-state index in [1.54, 1.807) is 0 Å². The lowest BCUT2D eigenvalue weighted by atomic mass is 10.1. The first kappa shape index (κ1) is 16.8. The minimum Gasteiger partial charge on any atom is -0.383 e. The number of aromatic nitrogens is 2. The van der Waals surface area contributed by atoms with E-state index in [0.717, 1.165) is 6.20 Å². The number of anilines is 1. The Kier molecular flexibility index (Phi) is 3.99. The van der Waals surface area contributed by atoms with Crippen molar-refractivity contribution in [3.05, 3.63) is 41.1 Å². The van der Waals surface area contributed by atoms with Gasteiger partial charge < -0.3 is 5.73 Å². The molecule has 0 aliphatic rings. The minimum absolute atomic E-state index is 0.0600. The second kappa shape index (κ2) is 5.24. The summed E-state index contributed by atoms with van der Waals surface area (Å²) in [5, 5.41) is 3.44. The Hall–Kier alpha value is -1.61. The van der Waals surface area contributed by atoms with Gasteiger partial charge in [0.2, 0.25) is 0 Å². The van der Waals surface area contributed by atoms with Crippen LogP contribution in [0.25, 0.3) is 5.69 Å². The van der Waals surface area contributed by atoms with Crippen LogP contribution >= 0.6 is 23.2 Å². The second-order valence-corrected chi connectivity index (χ2v) is 5.37. The highest BCUT2D eigenvalue weighted by Crippen LogP contribution is 2.40. The topological polar surface area (TPSA) is 43.8 Å². The predicted molar refractivity (Wildman–Crippen MR) is 67.4 cm³/mol. The van der Waals surface area contributed by atoms with E-state index in [1.807, 2.05) is 0 Å². The van der Waals surface area contributed by atoms with Gasteiger partial charge in [-0.15, -0.1) is 0 Å². The smallest absolute Gasteiger partial charge is 0.383 e. The van der Waals surface area contributed by atoms with Gasteiger partial charge in [0, 0.05) is 6.07 Å². The van der Waals surface area contributed by atoms with Crippen LogP contribution in [0.2, 0.25) is 0 Å². The van der Waals surface area contributed by atoms with Gasteiger partial charge in [-0.25, -0.2) is 17.9 Å². The molecule has 22 heavy (non-hydrogen) atoms. The molecule has 1 aromatic carbocycles. The molecule has 0 fully saturated rings. The molecule has 0 saturated carbocycles. The van der Waals surface area contributed by atoms with Crippen molar-refractivity contribution < 1.29 is 26.3 Å². The van der Waals surface area contributed by atoms with Crippen LogP contribution in [0.5, 0.6) is 0 Å². The van der Waals surface area contributed by atoms with Gasteiger partial charge >= 0.3 is 6.18 Å². The highest BCUT2D eigenvalue weighted by Gasteiger charge is 2.36. The lowest BCUT2D eigenvalue weighted by Crippen LogP contribution is -2.13. The molecule has 0 amide bonds. The predicted octanol–water partition coefficient (Wildman–Crippen LogP) is 4.31. The van der Waals surface area contributed by atoms with Crippen LogP contribution in [0.15, 0.2) is 18.3 Å². The fourth-order valence-corrected chi connectivity index (χ4v) is 1.98. The average Bonchev–Trinajstić information content (AvgIpc) is 2.72. The largest absolute Gasteiger partial charge is 0.419 e. The molecule has 0 spiro atoms. The van der Waals surface area contributed by atoms with Crippen molar-refractivity contribution in [1.82, 2.24) is 9.78 Å². The van der Waals surface area contributed by atoms with Crippen LogP contribution in [0, 0.1) is 11.6 Å². The Balaban J connectivity index is 2.61. The van der Waals surface area contributed by atoms with E-state index >= 15 is 0 Å². The Morgan fingerprint density at radius 2 is 1.59 bits per heavy atom. The molecule has 0 aliphatic carbocycles. The van der Waals surface area contributed by atoms with Crippen molar-refractivity contribution in [3.8, 4) is 5.69 Å². The van der Waals surface area contributed by atoms with Crippen molar-refractivity contribution >= 4 is 29.0 Å². The van der Waals surface area contributed by atoms with Crippen LogP contribution in [0.4, 0.5) is 32.2 Å². The molecular weight excluding hydrogens is 359 g/mol. The van der Waals surface area contributed by atoms with Crippen molar-refractivity contribution in [2.24, 2.45) is 0 Å². The summed E-state index contributed by atoms with van der Waals surface area (Å²) in [5.74, 6) is -3.81. The number of alkyl halides is 6. The van der Waals surface area contributed by atoms with Crippen LogP contribution in [-0.4, -0.2) is 9.78 Å². The first-order chi connectivity index (χ1) is 9.93. The van der Waals surface area contributed by atoms with E-state index in [0.29, 0.717) is 4.68 Å². The third kappa shape index (κ3) is 2.95. The van der Waals surface area contributed by atoms with Gasteiger partial charge in [0.1, 0.15) is 23.1 Å². The fraction of sp³-hybridized carbons (Fsp3) is 0.182. The van der Waals surface area contributed by atoms with Crippen LogP contribution < -0.4 is 5.73 Å². The van der Waals surface area contributed by atoms with Gasteiger partial charge in [0.25, 0.3) is 4.59 Å². The molecule has 120 valence electrons. The van der Waals surface area contributed by atoms with Gasteiger partial charge in [0.15, 0.2) is 0 Å². The molecule has 11 heteroatoms. The molecule has 0 atom stereocenters.